The van der Waals surface area contributed by atoms with E-state index >= 15 is 0 Å². The molecule has 0 aromatic rings. The molecule has 0 radical (unpaired) electrons. The zero-order valence-corrected chi connectivity index (χ0v) is 12.6. The van der Waals surface area contributed by atoms with Gasteiger partial charge in [0.15, 0.2) is 0 Å². The molecule has 110 valence electrons. The lowest BCUT2D eigenvalue weighted by molar-refractivity contribution is -0.142. The molecule has 2 N–H and O–H groups in total. The van der Waals surface area contributed by atoms with Crippen LogP contribution in [0.15, 0.2) is 0 Å². The van der Waals surface area contributed by atoms with Gasteiger partial charge in [-0.25, -0.2) is 0 Å². The van der Waals surface area contributed by atoms with E-state index in [4.69, 9.17) is 5.73 Å². The largest absolute Gasteiger partial charge is 0.347 e. The third kappa shape index (κ3) is 4.20. The molecule has 1 aliphatic carbocycles. The molecule has 0 bridgehead atoms. The van der Waals surface area contributed by atoms with Gasteiger partial charge in [0.2, 0.25) is 11.8 Å². The molecule has 2 amide bonds. The fourth-order valence-corrected chi connectivity index (χ4v) is 2.55. The van der Waals surface area contributed by atoms with Gasteiger partial charge in [-0.2, -0.15) is 0 Å². The predicted molar refractivity (Wildman–Crippen MR) is 75.4 cm³/mol. The lowest BCUT2D eigenvalue weighted by Crippen LogP contribution is -2.45. The van der Waals surface area contributed by atoms with Gasteiger partial charge in [0, 0.05) is 32.6 Å². The summed E-state index contributed by atoms with van der Waals surface area (Å²) in [5.74, 6) is 0.489. The Morgan fingerprint density at radius 2 is 1.89 bits per heavy atom. The molecule has 0 aliphatic heterocycles. The molecule has 19 heavy (non-hydrogen) atoms. The van der Waals surface area contributed by atoms with Gasteiger partial charge >= 0.3 is 0 Å². The summed E-state index contributed by atoms with van der Waals surface area (Å²) in [5, 5.41) is 0. The lowest BCUT2D eigenvalue weighted by Gasteiger charge is -2.34. The third-order valence-electron chi connectivity index (χ3n) is 4.10. The molecule has 5 heteroatoms. The second-order valence-electron chi connectivity index (χ2n) is 5.79. The second kappa shape index (κ2) is 6.89. The summed E-state index contributed by atoms with van der Waals surface area (Å²) in [4.78, 5) is 27.4. The summed E-state index contributed by atoms with van der Waals surface area (Å²) in [5.41, 5.74) is 5.98. The highest BCUT2D eigenvalue weighted by molar-refractivity contribution is 5.85. The Balaban J connectivity index is 2.61. The number of rotatable bonds is 4. The number of nitrogens with zero attached hydrogens (tertiary/aromatic N) is 2. The van der Waals surface area contributed by atoms with Crippen molar-refractivity contribution < 1.29 is 9.59 Å². The number of nitrogens with two attached hydrogens (primary N) is 1. The van der Waals surface area contributed by atoms with Crippen molar-refractivity contribution in [3.63, 3.8) is 0 Å². The Morgan fingerprint density at radius 1 is 1.26 bits per heavy atom. The zero-order chi connectivity index (χ0) is 14.6. The van der Waals surface area contributed by atoms with Crippen molar-refractivity contribution in [2.24, 2.45) is 17.6 Å². The SMILES string of the molecule is CCN(CC(=O)N(C)C)C(=O)C1CCC(N)C(C)C1. The van der Waals surface area contributed by atoms with E-state index in [1.54, 1.807) is 19.0 Å². The minimum Gasteiger partial charge on any atom is -0.347 e. The minimum absolute atomic E-state index is 0.0317. The van der Waals surface area contributed by atoms with Crippen LogP contribution in [0, 0.1) is 11.8 Å². The van der Waals surface area contributed by atoms with Crippen LogP contribution in [0.2, 0.25) is 0 Å². The monoisotopic (exact) mass is 269 g/mol. The van der Waals surface area contributed by atoms with Crippen LogP contribution in [0.25, 0.3) is 0 Å². The number of likely N-dealkylation sites (N-methyl/N-ethyl adjacent to an activating group) is 2. The number of carbonyl (C=O) groups is 2. The van der Waals surface area contributed by atoms with Crippen LogP contribution >= 0.6 is 0 Å². The van der Waals surface area contributed by atoms with Crippen LogP contribution in [0.4, 0.5) is 0 Å². The summed E-state index contributed by atoms with van der Waals surface area (Å²) in [7, 11) is 3.42. The van der Waals surface area contributed by atoms with Gasteiger partial charge in [0.25, 0.3) is 0 Å². The van der Waals surface area contributed by atoms with E-state index in [2.05, 4.69) is 6.92 Å². The first-order valence-corrected chi connectivity index (χ1v) is 7.11. The fraction of sp³-hybridized carbons (Fsp3) is 0.857. The summed E-state index contributed by atoms with van der Waals surface area (Å²) in [6, 6.07) is 0.211. The summed E-state index contributed by atoms with van der Waals surface area (Å²) in [6.07, 6.45) is 2.58. The first-order valence-electron chi connectivity index (χ1n) is 7.11. The Labute approximate surface area is 116 Å². The van der Waals surface area contributed by atoms with Gasteiger partial charge in [0.1, 0.15) is 0 Å². The minimum atomic E-state index is -0.0317. The van der Waals surface area contributed by atoms with Crippen molar-refractivity contribution in [1.29, 1.82) is 0 Å². The molecule has 3 unspecified atom stereocenters. The summed E-state index contributed by atoms with van der Waals surface area (Å²) < 4.78 is 0. The maximum absolute atomic E-state index is 12.5. The summed E-state index contributed by atoms with van der Waals surface area (Å²) >= 11 is 0. The van der Waals surface area contributed by atoms with Crippen LogP contribution in [-0.2, 0) is 9.59 Å². The van der Waals surface area contributed by atoms with Crippen LogP contribution < -0.4 is 5.73 Å². The van der Waals surface area contributed by atoms with Crippen molar-refractivity contribution in [1.82, 2.24) is 9.80 Å². The van der Waals surface area contributed by atoms with Gasteiger partial charge in [-0.1, -0.05) is 6.92 Å². The molecule has 0 aromatic heterocycles. The zero-order valence-electron chi connectivity index (χ0n) is 12.6. The first-order chi connectivity index (χ1) is 8.86. The molecule has 0 aromatic carbocycles. The molecule has 1 fully saturated rings. The van der Waals surface area contributed by atoms with Crippen molar-refractivity contribution in [3.8, 4) is 0 Å². The van der Waals surface area contributed by atoms with Crippen LogP contribution in [0.1, 0.15) is 33.1 Å². The van der Waals surface area contributed by atoms with Crippen molar-refractivity contribution in [2.75, 3.05) is 27.2 Å². The number of amides is 2. The molecule has 1 rings (SSSR count). The molecule has 1 aliphatic rings. The average Bonchev–Trinajstić information content (AvgIpc) is 2.37. The molecule has 3 atom stereocenters. The van der Waals surface area contributed by atoms with Gasteiger partial charge in [-0.15, -0.1) is 0 Å². The fourth-order valence-electron chi connectivity index (χ4n) is 2.55. The number of hydrogen-bond donors (Lipinski definition) is 1. The Hall–Kier alpha value is -1.10. The van der Waals surface area contributed by atoms with Gasteiger partial charge in [-0.3, -0.25) is 9.59 Å². The molecular weight excluding hydrogens is 242 g/mol. The maximum Gasteiger partial charge on any atom is 0.241 e. The normalized spacial score (nSPS) is 26.9. The van der Waals surface area contributed by atoms with E-state index in [1.165, 1.54) is 4.90 Å². The van der Waals surface area contributed by atoms with Gasteiger partial charge in [0.05, 0.1) is 6.54 Å². The Bertz CT molecular complexity index is 331. The lowest BCUT2D eigenvalue weighted by atomic mass is 9.78. The standard InChI is InChI=1S/C14H27N3O2/c1-5-17(9-13(18)16(3)4)14(19)11-6-7-12(15)10(2)8-11/h10-12H,5-9,15H2,1-4H3. The predicted octanol–water partition coefficient (Wildman–Crippen LogP) is 0.687. The summed E-state index contributed by atoms with van der Waals surface area (Å²) in [6.45, 7) is 4.78. The first kappa shape index (κ1) is 16.0. The molecule has 0 heterocycles. The Kier molecular flexibility index (Phi) is 5.79. The highest BCUT2D eigenvalue weighted by atomic mass is 16.2. The van der Waals surface area contributed by atoms with Crippen molar-refractivity contribution in [2.45, 2.75) is 39.2 Å². The third-order valence-corrected chi connectivity index (χ3v) is 4.10. The van der Waals surface area contributed by atoms with E-state index in [1.807, 2.05) is 6.92 Å². The maximum atomic E-state index is 12.5. The number of hydrogen-bond acceptors (Lipinski definition) is 3. The van der Waals surface area contributed by atoms with Gasteiger partial charge in [-0.05, 0) is 32.1 Å². The van der Waals surface area contributed by atoms with Crippen LogP contribution in [0.5, 0.6) is 0 Å². The van der Waals surface area contributed by atoms with Crippen LogP contribution in [-0.4, -0.2) is 54.8 Å². The van der Waals surface area contributed by atoms with E-state index < -0.39 is 0 Å². The van der Waals surface area contributed by atoms with E-state index in [-0.39, 0.29) is 30.3 Å². The highest BCUT2D eigenvalue weighted by Crippen LogP contribution is 2.29. The van der Waals surface area contributed by atoms with E-state index in [0.29, 0.717) is 12.5 Å². The second-order valence-corrected chi connectivity index (χ2v) is 5.79. The quantitative estimate of drug-likeness (QED) is 0.816. The van der Waals surface area contributed by atoms with Gasteiger partial charge < -0.3 is 15.5 Å². The molecule has 5 nitrogen and oxygen atoms in total. The molecule has 1 saturated carbocycles. The molecule has 0 saturated heterocycles. The number of carbonyl (C=O) groups excluding carboxylic acids is 2. The average molecular weight is 269 g/mol. The highest BCUT2D eigenvalue weighted by Gasteiger charge is 2.32. The van der Waals surface area contributed by atoms with Crippen molar-refractivity contribution >= 4 is 11.8 Å². The smallest absolute Gasteiger partial charge is 0.241 e. The van der Waals surface area contributed by atoms with Crippen LogP contribution in [0.3, 0.4) is 0 Å². The van der Waals surface area contributed by atoms with E-state index in [9.17, 15) is 9.59 Å². The topological polar surface area (TPSA) is 66.6 Å². The van der Waals surface area contributed by atoms with E-state index in [0.717, 1.165) is 19.3 Å². The molecular formula is C14H27N3O2. The molecule has 0 spiro atoms. The van der Waals surface area contributed by atoms with Crippen molar-refractivity contribution in [3.05, 3.63) is 0 Å². The Morgan fingerprint density at radius 3 is 2.37 bits per heavy atom.